The van der Waals surface area contributed by atoms with Crippen molar-refractivity contribution in [3.05, 3.63) is 28.3 Å². The van der Waals surface area contributed by atoms with Gasteiger partial charge in [-0.2, -0.15) is 11.8 Å². The first-order valence-corrected chi connectivity index (χ1v) is 9.01. The lowest BCUT2D eigenvalue weighted by Gasteiger charge is -2.14. The SMILES string of the molecule is CCSCC(C)NS(=O)(=O)c1cc(NC)ccc1[N+](=O)[O-]. The van der Waals surface area contributed by atoms with Crippen LogP contribution in [0.25, 0.3) is 0 Å². The fourth-order valence-electron chi connectivity index (χ4n) is 1.69. The normalized spacial score (nSPS) is 12.9. The quantitative estimate of drug-likeness (QED) is 0.558. The molecule has 1 rings (SSSR count). The van der Waals surface area contributed by atoms with Gasteiger partial charge in [-0.15, -0.1) is 0 Å². The molecule has 0 aromatic heterocycles. The van der Waals surface area contributed by atoms with Crippen LogP contribution < -0.4 is 10.0 Å². The molecule has 2 N–H and O–H groups in total. The molecule has 0 aliphatic heterocycles. The summed E-state index contributed by atoms with van der Waals surface area (Å²) < 4.78 is 27.2. The zero-order valence-electron chi connectivity index (χ0n) is 12.1. The number of nitro benzene ring substituents is 1. The molecule has 0 bridgehead atoms. The van der Waals surface area contributed by atoms with Crippen LogP contribution in [0.1, 0.15) is 13.8 Å². The summed E-state index contributed by atoms with van der Waals surface area (Å²) in [5, 5.41) is 13.8. The molecule has 1 unspecified atom stereocenters. The molecular formula is C12H19N3O4S2. The summed E-state index contributed by atoms with van der Waals surface area (Å²) in [5.74, 6) is 1.48. The van der Waals surface area contributed by atoms with Crippen molar-refractivity contribution < 1.29 is 13.3 Å². The van der Waals surface area contributed by atoms with Crippen LogP contribution >= 0.6 is 11.8 Å². The Balaban J connectivity index is 3.14. The molecular weight excluding hydrogens is 314 g/mol. The molecule has 21 heavy (non-hydrogen) atoms. The van der Waals surface area contributed by atoms with Crippen LogP contribution in [0.3, 0.4) is 0 Å². The van der Waals surface area contributed by atoms with E-state index in [1.165, 1.54) is 18.2 Å². The number of sulfonamides is 1. The van der Waals surface area contributed by atoms with Gasteiger partial charge in [-0.05, 0) is 24.8 Å². The third kappa shape index (κ3) is 4.87. The second-order valence-electron chi connectivity index (χ2n) is 4.37. The van der Waals surface area contributed by atoms with Gasteiger partial charge in [-0.25, -0.2) is 13.1 Å². The van der Waals surface area contributed by atoms with Gasteiger partial charge in [0.25, 0.3) is 5.69 Å². The van der Waals surface area contributed by atoms with Crippen molar-refractivity contribution in [1.29, 1.82) is 0 Å². The topological polar surface area (TPSA) is 101 Å². The molecule has 0 radical (unpaired) electrons. The van der Waals surface area contributed by atoms with Crippen molar-refractivity contribution in [2.24, 2.45) is 0 Å². The molecule has 0 aliphatic carbocycles. The number of hydrogen-bond acceptors (Lipinski definition) is 6. The molecule has 0 spiro atoms. The highest BCUT2D eigenvalue weighted by Crippen LogP contribution is 2.27. The number of nitrogens with zero attached hydrogens (tertiary/aromatic N) is 1. The average molecular weight is 333 g/mol. The number of rotatable bonds is 8. The Morgan fingerprint density at radius 2 is 2.10 bits per heavy atom. The lowest BCUT2D eigenvalue weighted by molar-refractivity contribution is -0.387. The van der Waals surface area contributed by atoms with E-state index in [9.17, 15) is 18.5 Å². The van der Waals surface area contributed by atoms with Crippen LogP contribution in [-0.2, 0) is 10.0 Å². The van der Waals surface area contributed by atoms with Crippen molar-refractivity contribution in [3.8, 4) is 0 Å². The average Bonchev–Trinajstić information content (AvgIpc) is 2.43. The second-order valence-corrected chi connectivity index (χ2v) is 7.37. The van der Waals surface area contributed by atoms with Crippen LogP contribution in [0.4, 0.5) is 11.4 Å². The summed E-state index contributed by atoms with van der Waals surface area (Å²) in [6.07, 6.45) is 0. The predicted molar refractivity (Wildman–Crippen MR) is 85.4 cm³/mol. The van der Waals surface area contributed by atoms with Crippen LogP contribution in [0, 0.1) is 10.1 Å². The Kier molecular flexibility index (Phi) is 6.43. The molecule has 1 aromatic rings. The third-order valence-corrected chi connectivity index (χ3v) is 5.43. The van der Waals surface area contributed by atoms with Crippen LogP contribution in [0.2, 0.25) is 0 Å². The monoisotopic (exact) mass is 333 g/mol. The van der Waals surface area contributed by atoms with Crippen molar-refractivity contribution in [1.82, 2.24) is 4.72 Å². The molecule has 0 aliphatic rings. The summed E-state index contributed by atoms with van der Waals surface area (Å²) in [6.45, 7) is 3.71. The second kappa shape index (κ2) is 7.62. The summed E-state index contributed by atoms with van der Waals surface area (Å²) in [7, 11) is -2.33. The Morgan fingerprint density at radius 1 is 1.43 bits per heavy atom. The smallest absolute Gasteiger partial charge is 0.289 e. The van der Waals surface area contributed by atoms with Gasteiger partial charge in [-0.3, -0.25) is 10.1 Å². The van der Waals surface area contributed by atoms with Crippen LogP contribution in [-0.4, -0.2) is 37.9 Å². The van der Waals surface area contributed by atoms with E-state index in [4.69, 9.17) is 0 Å². The van der Waals surface area contributed by atoms with Gasteiger partial charge in [0, 0.05) is 30.6 Å². The Morgan fingerprint density at radius 3 is 2.62 bits per heavy atom. The first kappa shape index (κ1) is 17.7. The fourth-order valence-corrected chi connectivity index (χ4v) is 3.91. The van der Waals surface area contributed by atoms with Gasteiger partial charge in [0.05, 0.1) is 4.92 Å². The fraction of sp³-hybridized carbons (Fsp3) is 0.500. The van der Waals surface area contributed by atoms with Crippen LogP contribution in [0.5, 0.6) is 0 Å². The maximum absolute atomic E-state index is 12.3. The lowest BCUT2D eigenvalue weighted by Crippen LogP contribution is -2.34. The molecule has 7 nitrogen and oxygen atoms in total. The van der Waals surface area contributed by atoms with E-state index in [2.05, 4.69) is 10.0 Å². The minimum absolute atomic E-state index is 0.308. The van der Waals surface area contributed by atoms with Gasteiger partial charge in [0.15, 0.2) is 4.90 Å². The first-order chi connectivity index (χ1) is 9.81. The predicted octanol–water partition coefficient (Wildman–Crippen LogP) is 2.06. The lowest BCUT2D eigenvalue weighted by atomic mass is 10.3. The number of nitro groups is 1. The minimum Gasteiger partial charge on any atom is -0.388 e. The van der Waals surface area contributed by atoms with E-state index in [0.717, 1.165) is 5.75 Å². The highest BCUT2D eigenvalue weighted by molar-refractivity contribution is 7.99. The molecule has 0 saturated heterocycles. The summed E-state index contributed by atoms with van der Waals surface area (Å²) in [6, 6.07) is 3.61. The molecule has 0 saturated carbocycles. The van der Waals surface area contributed by atoms with E-state index >= 15 is 0 Å². The maximum Gasteiger partial charge on any atom is 0.289 e. The van der Waals surface area contributed by atoms with Crippen molar-refractivity contribution >= 4 is 33.2 Å². The Labute approximate surface area is 128 Å². The standard InChI is InChI=1S/C12H19N3O4S2/c1-4-20-8-9(2)14-21(18,19)12-7-10(13-3)5-6-11(12)15(16)17/h5-7,9,13-14H,4,8H2,1-3H3. The maximum atomic E-state index is 12.3. The summed E-state index contributed by atoms with van der Waals surface area (Å²) in [5.41, 5.74) is 0.0633. The summed E-state index contributed by atoms with van der Waals surface area (Å²) >= 11 is 1.60. The number of benzene rings is 1. The van der Waals surface area contributed by atoms with E-state index in [0.29, 0.717) is 11.4 Å². The van der Waals surface area contributed by atoms with E-state index in [-0.39, 0.29) is 10.9 Å². The molecule has 9 heteroatoms. The molecule has 0 heterocycles. The van der Waals surface area contributed by atoms with Gasteiger partial charge < -0.3 is 5.32 Å². The number of hydrogen-bond donors (Lipinski definition) is 2. The number of anilines is 1. The zero-order valence-corrected chi connectivity index (χ0v) is 13.8. The minimum atomic E-state index is -3.94. The zero-order chi connectivity index (χ0) is 16.0. The van der Waals surface area contributed by atoms with Crippen molar-refractivity contribution in [3.63, 3.8) is 0 Å². The van der Waals surface area contributed by atoms with Crippen molar-refractivity contribution in [2.75, 3.05) is 23.9 Å². The highest BCUT2D eigenvalue weighted by Gasteiger charge is 2.27. The van der Waals surface area contributed by atoms with Gasteiger partial charge in [-0.1, -0.05) is 6.92 Å². The first-order valence-electron chi connectivity index (χ1n) is 6.38. The van der Waals surface area contributed by atoms with E-state index in [1.54, 1.807) is 25.7 Å². The molecule has 0 amide bonds. The number of thioether (sulfide) groups is 1. The molecule has 118 valence electrons. The van der Waals surface area contributed by atoms with Gasteiger partial charge in [0.2, 0.25) is 10.0 Å². The van der Waals surface area contributed by atoms with Gasteiger partial charge in [0.1, 0.15) is 0 Å². The number of nitrogens with one attached hydrogen (secondary N) is 2. The molecule has 1 aromatic carbocycles. The largest absolute Gasteiger partial charge is 0.388 e. The third-order valence-electron chi connectivity index (χ3n) is 2.66. The summed E-state index contributed by atoms with van der Waals surface area (Å²) in [4.78, 5) is 9.99. The van der Waals surface area contributed by atoms with Crippen molar-refractivity contribution in [2.45, 2.75) is 24.8 Å². The van der Waals surface area contributed by atoms with Crippen LogP contribution in [0.15, 0.2) is 23.1 Å². The molecule has 0 fully saturated rings. The Hall–Kier alpha value is -1.32. The van der Waals surface area contributed by atoms with E-state index in [1.807, 2.05) is 6.92 Å². The Bertz CT molecular complexity index is 605. The molecule has 1 atom stereocenters. The van der Waals surface area contributed by atoms with E-state index < -0.39 is 20.6 Å². The highest BCUT2D eigenvalue weighted by atomic mass is 32.2. The van der Waals surface area contributed by atoms with Gasteiger partial charge >= 0.3 is 0 Å².